The van der Waals surface area contributed by atoms with Crippen LogP contribution in [-0.4, -0.2) is 34.2 Å². The molecule has 0 aliphatic heterocycles. The van der Waals surface area contributed by atoms with Crippen molar-refractivity contribution < 1.29 is 9.53 Å². The predicted octanol–water partition coefficient (Wildman–Crippen LogP) is 5.03. The summed E-state index contributed by atoms with van der Waals surface area (Å²) < 4.78 is 7.86. The summed E-state index contributed by atoms with van der Waals surface area (Å²) in [7, 11) is 1.81. The molecule has 0 unspecified atom stereocenters. The van der Waals surface area contributed by atoms with Gasteiger partial charge >= 0.3 is 0 Å². The minimum atomic E-state index is 0.0398. The van der Waals surface area contributed by atoms with Gasteiger partial charge in [-0.25, -0.2) is 0 Å². The number of aromatic nitrogens is 2. The van der Waals surface area contributed by atoms with Gasteiger partial charge in [0.15, 0.2) is 0 Å². The van der Waals surface area contributed by atoms with Crippen LogP contribution in [0.5, 0.6) is 5.75 Å². The van der Waals surface area contributed by atoms with Gasteiger partial charge in [0, 0.05) is 30.9 Å². The molecule has 0 atom stereocenters. The zero-order valence-corrected chi connectivity index (χ0v) is 18.2. The van der Waals surface area contributed by atoms with E-state index in [1.807, 2.05) is 84.8 Å². The minimum absolute atomic E-state index is 0.0398. The first-order valence-corrected chi connectivity index (χ1v) is 10.8. The highest BCUT2D eigenvalue weighted by Gasteiger charge is 2.12. The van der Waals surface area contributed by atoms with Crippen molar-refractivity contribution in [2.75, 3.05) is 13.7 Å². The van der Waals surface area contributed by atoms with Crippen molar-refractivity contribution in [1.82, 2.24) is 14.7 Å². The second-order valence-corrected chi connectivity index (χ2v) is 7.74. The van der Waals surface area contributed by atoms with E-state index in [9.17, 15) is 4.79 Å². The fourth-order valence-electron chi connectivity index (χ4n) is 3.59. The molecule has 1 amide bonds. The number of amides is 1. The van der Waals surface area contributed by atoms with Crippen molar-refractivity contribution in [3.8, 4) is 16.9 Å². The summed E-state index contributed by atoms with van der Waals surface area (Å²) in [5.74, 6) is 0.828. The molecule has 0 bridgehead atoms. The molecule has 5 heteroatoms. The highest BCUT2D eigenvalue weighted by Crippen LogP contribution is 2.29. The van der Waals surface area contributed by atoms with Crippen molar-refractivity contribution in [3.05, 3.63) is 108 Å². The third kappa shape index (κ3) is 5.64. The highest BCUT2D eigenvalue weighted by atomic mass is 16.5. The molecular formula is C27H27N3O2. The molecule has 0 aliphatic carbocycles. The van der Waals surface area contributed by atoms with Crippen molar-refractivity contribution in [2.45, 2.75) is 19.5 Å². The average Bonchev–Trinajstić information content (AvgIpc) is 3.27. The summed E-state index contributed by atoms with van der Waals surface area (Å²) >= 11 is 0. The van der Waals surface area contributed by atoms with Crippen LogP contribution in [0.25, 0.3) is 11.1 Å². The lowest BCUT2D eigenvalue weighted by molar-refractivity contribution is -0.130. The Hall–Kier alpha value is -3.86. The summed E-state index contributed by atoms with van der Waals surface area (Å²) in [6.07, 6.45) is 4.13. The van der Waals surface area contributed by atoms with Crippen LogP contribution >= 0.6 is 0 Å². The van der Waals surface area contributed by atoms with Gasteiger partial charge in [0.05, 0.1) is 25.8 Å². The number of carbonyl (C=O) groups excluding carboxylic acids is 1. The van der Waals surface area contributed by atoms with Gasteiger partial charge in [-0.15, -0.1) is 0 Å². The molecule has 1 aromatic heterocycles. The van der Waals surface area contributed by atoms with Gasteiger partial charge in [-0.3, -0.25) is 9.48 Å². The summed E-state index contributed by atoms with van der Waals surface area (Å²) in [6.45, 7) is 1.57. The topological polar surface area (TPSA) is 47.4 Å². The number of rotatable bonds is 9. The van der Waals surface area contributed by atoms with E-state index in [1.165, 1.54) is 5.56 Å². The molecule has 5 nitrogen and oxygen atoms in total. The molecule has 0 saturated heterocycles. The zero-order valence-electron chi connectivity index (χ0n) is 18.2. The second-order valence-electron chi connectivity index (χ2n) is 7.74. The molecule has 0 fully saturated rings. The molecular weight excluding hydrogens is 398 g/mol. The van der Waals surface area contributed by atoms with Gasteiger partial charge in [-0.1, -0.05) is 78.9 Å². The van der Waals surface area contributed by atoms with E-state index in [-0.39, 0.29) is 5.91 Å². The fraction of sp³-hybridized carbons (Fsp3) is 0.185. The maximum Gasteiger partial charge on any atom is 0.226 e. The second kappa shape index (κ2) is 10.4. The summed E-state index contributed by atoms with van der Waals surface area (Å²) in [5, 5.41) is 4.42. The van der Waals surface area contributed by atoms with Gasteiger partial charge in [0.2, 0.25) is 5.91 Å². The van der Waals surface area contributed by atoms with E-state index in [0.29, 0.717) is 26.1 Å². The van der Waals surface area contributed by atoms with Gasteiger partial charge < -0.3 is 9.64 Å². The maximum absolute atomic E-state index is 12.6. The molecule has 3 aromatic carbocycles. The smallest absolute Gasteiger partial charge is 0.226 e. The van der Waals surface area contributed by atoms with Crippen LogP contribution < -0.4 is 4.74 Å². The normalized spacial score (nSPS) is 10.7. The number of hydrogen-bond donors (Lipinski definition) is 0. The first-order valence-electron chi connectivity index (χ1n) is 10.8. The van der Waals surface area contributed by atoms with E-state index in [1.54, 1.807) is 4.90 Å². The Morgan fingerprint density at radius 2 is 1.59 bits per heavy atom. The largest absolute Gasteiger partial charge is 0.492 e. The first kappa shape index (κ1) is 21.4. The van der Waals surface area contributed by atoms with E-state index in [2.05, 4.69) is 29.4 Å². The Bertz CT molecular complexity index is 1140. The van der Waals surface area contributed by atoms with Crippen molar-refractivity contribution >= 4 is 5.91 Å². The quantitative estimate of drug-likeness (QED) is 0.378. The van der Waals surface area contributed by atoms with Gasteiger partial charge in [-0.05, 0) is 17.2 Å². The van der Waals surface area contributed by atoms with Crippen LogP contribution in [0.4, 0.5) is 0 Å². The molecule has 0 saturated carbocycles. The van der Waals surface area contributed by atoms with Crippen LogP contribution in [0, 0.1) is 0 Å². The van der Waals surface area contributed by atoms with Gasteiger partial charge in [0.1, 0.15) is 5.75 Å². The van der Waals surface area contributed by atoms with E-state index in [4.69, 9.17) is 4.74 Å². The number of para-hydroxylation sites is 1. The maximum atomic E-state index is 12.6. The molecule has 1 heterocycles. The standard InChI is InChI=1S/C27H27N3O2/c1-29(19-23-18-28-30(21-23)20-22-10-4-2-5-11-22)27(31)16-17-32-26-15-9-8-14-25(26)24-12-6-3-7-13-24/h2-15,18,21H,16-17,19-20H2,1H3. The SMILES string of the molecule is CN(Cc1cnn(Cc2ccccc2)c1)C(=O)CCOc1ccccc1-c1ccccc1. The fourth-order valence-corrected chi connectivity index (χ4v) is 3.59. The summed E-state index contributed by atoms with van der Waals surface area (Å²) in [4.78, 5) is 14.3. The van der Waals surface area contributed by atoms with Crippen LogP contribution in [-0.2, 0) is 17.9 Å². The Morgan fingerprint density at radius 1 is 0.906 bits per heavy atom. The molecule has 4 aromatic rings. The lowest BCUT2D eigenvalue weighted by atomic mass is 10.1. The number of benzene rings is 3. The lowest BCUT2D eigenvalue weighted by Gasteiger charge is -2.17. The van der Waals surface area contributed by atoms with E-state index >= 15 is 0 Å². The zero-order chi connectivity index (χ0) is 22.2. The third-order valence-corrected chi connectivity index (χ3v) is 5.26. The number of hydrogen-bond acceptors (Lipinski definition) is 3. The number of ether oxygens (including phenoxy) is 1. The molecule has 0 spiro atoms. The third-order valence-electron chi connectivity index (χ3n) is 5.26. The lowest BCUT2D eigenvalue weighted by Crippen LogP contribution is -2.27. The summed E-state index contributed by atoms with van der Waals surface area (Å²) in [5.41, 5.74) is 4.32. The predicted molar refractivity (Wildman–Crippen MR) is 126 cm³/mol. The first-order chi connectivity index (χ1) is 15.7. The molecule has 4 rings (SSSR count). The molecule has 162 valence electrons. The van der Waals surface area contributed by atoms with Crippen LogP contribution in [0.2, 0.25) is 0 Å². The van der Waals surface area contributed by atoms with Gasteiger partial charge in [0.25, 0.3) is 0 Å². The molecule has 32 heavy (non-hydrogen) atoms. The molecule has 0 radical (unpaired) electrons. The Labute approximate surface area is 188 Å². The van der Waals surface area contributed by atoms with Crippen molar-refractivity contribution in [3.63, 3.8) is 0 Å². The number of carbonyl (C=O) groups is 1. The summed E-state index contributed by atoms with van der Waals surface area (Å²) in [6, 6.07) is 28.2. The number of nitrogens with zero attached hydrogens (tertiary/aromatic N) is 3. The molecule has 0 N–H and O–H groups in total. The Kier molecular flexibility index (Phi) is 6.98. The Morgan fingerprint density at radius 3 is 2.38 bits per heavy atom. The van der Waals surface area contributed by atoms with Gasteiger partial charge in [-0.2, -0.15) is 5.10 Å². The van der Waals surface area contributed by atoms with Crippen molar-refractivity contribution in [2.24, 2.45) is 0 Å². The van der Waals surface area contributed by atoms with Crippen LogP contribution in [0.3, 0.4) is 0 Å². The van der Waals surface area contributed by atoms with Crippen LogP contribution in [0.1, 0.15) is 17.5 Å². The highest BCUT2D eigenvalue weighted by molar-refractivity contribution is 5.76. The monoisotopic (exact) mass is 425 g/mol. The minimum Gasteiger partial charge on any atom is -0.492 e. The van der Waals surface area contributed by atoms with Crippen molar-refractivity contribution in [1.29, 1.82) is 0 Å². The average molecular weight is 426 g/mol. The molecule has 0 aliphatic rings. The van der Waals surface area contributed by atoms with E-state index < -0.39 is 0 Å². The van der Waals surface area contributed by atoms with Crippen LogP contribution in [0.15, 0.2) is 97.3 Å². The van der Waals surface area contributed by atoms with E-state index in [0.717, 1.165) is 22.4 Å². The Balaban J connectivity index is 1.28.